The predicted molar refractivity (Wildman–Crippen MR) is 70.6 cm³/mol. The van der Waals surface area contributed by atoms with Crippen LogP contribution in [0.1, 0.15) is 16.1 Å². The van der Waals surface area contributed by atoms with Crippen LogP contribution in [-0.4, -0.2) is 21.9 Å². The molecule has 0 N–H and O–H groups in total. The minimum Gasteiger partial charge on any atom is -0.348 e. The normalized spacial score (nSPS) is 14.4. The molecule has 0 aliphatic carbocycles. The summed E-state index contributed by atoms with van der Waals surface area (Å²) in [5.74, 6) is 0.00745. The highest BCUT2D eigenvalue weighted by Crippen LogP contribution is 2.20. The van der Waals surface area contributed by atoms with Crippen LogP contribution in [0.25, 0.3) is 0 Å². The van der Waals surface area contributed by atoms with Crippen LogP contribution in [-0.2, 0) is 13.1 Å². The lowest BCUT2D eigenvalue weighted by atomic mass is 10.2. The van der Waals surface area contributed by atoms with Crippen molar-refractivity contribution in [2.75, 3.05) is 6.54 Å². The fourth-order valence-electron chi connectivity index (χ4n) is 2.29. The molecule has 1 amide bonds. The molecule has 3 rings (SSSR count). The average molecular weight is 261 g/mol. The van der Waals surface area contributed by atoms with Crippen LogP contribution in [0.4, 0.5) is 0 Å². The lowest BCUT2D eigenvalue weighted by Crippen LogP contribution is -2.38. The molecule has 0 saturated carbocycles. The van der Waals surface area contributed by atoms with E-state index in [9.17, 15) is 4.79 Å². The van der Waals surface area contributed by atoms with Gasteiger partial charge in [0.2, 0.25) is 0 Å². The molecule has 3 nitrogen and oxygen atoms in total. The largest absolute Gasteiger partial charge is 0.348 e. The van der Waals surface area contributed by atoms with Gasteiger partial charge in [0, 0.05) is 25.0 Å². The summed E-state index contributed by atoms with van der Waals surface area (Å²) in [7, 11) is 0. The summed E-state index contributed by atoms with van der Waals surface area (Å²) in [6.45, 7) is 2.22. The Labute approximate surface area is 111 Å². The van der Waals surface area contributed by atoms with Crippen molar-refractivity contribution in [3.63, 3.8) is 0 Å². The van der Waals surface area contributed by atoms with Gasteiger partial charge in [-0.15, -0.1) is 0 Å². The third-order valence-electron chi connectivity index (χ3n) is 3.28. The highest BCUT2D eigenvalue weighted by molar-refractivity contribution is 6.33. The molecule has 0 unspecified atom stereocenters. The van der Waals surface area contributed by atoms with E-state index < -0.39 is 0 Å². The van der Waals surface area contributed by atoms with Crippen molar-refractivity contribution in [1.82, 2.24) is 9.47 Å². The number of nitrogens with zero attached hydrogens (tertiary/aromatic N) is 2. The van der Waals surface area contributed by atoms with Crippen LogP contribution >= 0.6 is 11.6 Å². The third kappa shape index (κ3) is 1.91. The Morgan fingerprint density at radius 3 is 2.78 bits per heavy atom. The highest BCUT2D eigenvalue weighted by atomic mass is 35.5. The van der Waals surface area contributed by atoms with Gasteiger partial charge in [-0.05, 0) is 24.3 Å². The SMILES string of the molecule is O=C(c1ccccc1Cl)N1CCn2cccc2C1. The van der Waals surface area contributed by atoms with Crippen LogP contribution < -0.4 is 0 Å². The second-order valence-corrected chi connectivity index (χ2v) is 4.81. The second kappa shape index (κ2) is 4.50. The van der Waals surface area contributed by atoms with Crippen LogP contribution in [0.5, 0.6) is 0 Å². The number of rotatable bonds is 1. The molecule has 1 aromatic carbocycles. The molecule has 0 fully saturated rings. The van der Waals surface area contributed by atoms with Gasteiger partial charge in [-0.1, -0.05) is 23.7 Å². The number of carbonyl (C=O) groups excluding carboxylic acids is 1. The van der Waals surface area contributed by atoms with E-state index in [0.717, 1.165) is 13.1 Å². The van der Waals surface area contributed by atoms with Crippen LogP contribution in [0.15, 0.2) is 42.6 Å². The molecule has 0 atom stereocenters. The molecule has 0 spiro atoms. The third-order valence-corrected chi connectivity index (χ3v) is 3.61. The average Bonchev–Trinajstić information content (AvgIpc) is 2.85. The number of benzene rings is 1. The molecular formula is C14H13ClN2O. The number of carbonyl (C=O) groups is 1. The lowest BCUT2D eigenvalue weighted by Gasteiger charge is -2.29. The first-order valence-electron chi connectivity index (χ1n) is 5.93. The molecule has 0 bridgehead atoms. The maximum atomic E-state index is 12.4. The zero-order valence-electron chi connectivity index (χ0n) is 9.84. The van der Waals surface area contributed by atoms with Crippen molar-refractivity contribution in [1.29, 1.82) is 0 Å². The summed E-state index contributed by atoms with van der Waals surface area (Å²) >= 11 is 6.06. The number of hydrogen-bond acceptors (Lipinski definition) is 1. The van der Waals surface area contributed by atoms with E-state index in [1.807, 2.05) is 35.4 Å². The molecule has 1 aromatic heterocycles. The van der Waals surface area contributed by atoms with Gasteiger partial charge >= 0.3 is 0 Å². The Hall–Kier alpha value is -1.74. The van der Waals surface area contributed by atoms with Crippen LogP contribution in [0.2, 0.25) is 5.02 Å². The van der Waals surface area contributed by atoms with Crippen LogP contribution in [0, 0.1) is 0 Å². The topological polar surface area (TPSA) is 25.2 Å². The summed E-state index contributed by atoms with van der Waals surface area (Å²) < 4.78 is 2.18. The van der Waals surface area contributed by atoms with E-state index in [1.54, 1.807) is 12.1 Å². The zero-order chi connectivity index (χ0) is 12.5. The molecule has 92 valence electrons. The molecule has 0 saturated heterocycles. The number of amides is 1. The number of aromatic nitrogens is 1. The predicted octanol–water partition coefficient (Wildman–Crippen LogP) is 2.80. The van der Waals surface area contributed by atoms with Gasteiger partial charge in [-0.3, -0.25) is 4.79 Å². The van der Waals surface area contributed by atoms with E-state index in [-0.39, 0.29) is 5.91 Å². The Morgan fingerprint density at radius 1 is 1.11 bits per heavy atom. The van der Waals surface area contributed by atoms with E-state index in [4.69, 9.17) is 11.6 Å². The lowest BCUT2D eigenvalue weighted by molar-refractivity contribution is 0.0711. The standard InChI is InChI=1S/C14H13ClN2O/c15-13-6-2-1-5-12(13)14(18)17-9-8-16-7-3-4-11(16)10-17/h1-7H,8-10H2. The first kappa shape index (κ1) is 11.4. The zero-order valence-corrected chi connectivity index (χ0v) is 10.6. The first-order valence-corrected chi connectivity index (χ1v) is 6.31. The molecule has 1 aliphatic heterocycles. The van der Waals surface area contributed by atoms with Crippen molar-refractivity contribution in [3.8, 4) is 0 Å². The van der Waals surface area contributed by atoms with Crippen molar-refractivity contribution in [3.05, 3.63) is 58.9 Å². The Morgan fingerprint density at radius 2 is 1.94 bits per heavy atom. The summed E-state index contributed by atoms with van der Waals surface area (Å²) in [5.41, 5.74) is 1.75. The Bertz CT molecular complexity index is 591. The van der Waals surface area contributed by atoms with Crippen LogP contribution in [0.3, 0.4) is 0 Å². The number of fused-ring (bicyclic) bond motifs is 1. The number of halogens is 1. The summed E-state index contributed by atoms with van der Waals surface area (Å²) in [5, 5.41) is 0.517. The molecule has 4 heteroatoms. The molecular weight excluding hydrogens is 248 g/mol. The van der Waals surface area contributed by atoms with Gasteiger partial charge in [0.1, 0.15) is 0 Å². The van der Waals surface area contributed by atoms with Gasteiger partial charge in [-0.25, -0.2) is 0 Å². The van der Waals surface area contributed by atoms with Crippen molar-refractivity contribution < 1.29 is 4.79 Å². The van der Waals surface area contributed by atoms with E-state index >= 15 is 0 Å². The molecule has 18 heavy (non-hydrogen) atoms. The smallest absolute Gasteiger partial charge is 0.255 e. The van der Waals surface area contributed by atoms with E-state index in [0.29, 0.717) is 17.1 Å². The van der Waals surface area contributed by atoms with Gasteiger partial charge in [-0.2, -0.15) is 0 Å². The summed E-state index contributed by atoms with van der Waals surface area (Å²) in [6.07, 6.45) is 2.05. The van der Waals surface area contributed by atoms with Crippen molar-refractivity contribution in [2.24, 2.45) is 0 Å². The van der Waals surface area contributed by atoms with Crippen molar-refractivity contribution >= 4 is 17.5 Å². The molecule has 0 radical (unpaired) electrons. The maximum Gasteiger partial charge on any atom is 0.255 e. The monoisotopic (exact) mass is 260 g/mol. The molecule has 2 heterocycles. The number of hydrogen-bond donors (Lipinski definition) is 0. The van der Waals surface area contributed by atoms with Crippen molar-refractivity contribution in [2.45, 2.75) is 13.1 Å². The minimum absolute atomic E-state index is 0.00745. The second-order valence-electron chi connectivity index (χ2n) is 4.40. The molecule has 1 aliphatic rings. The molecule has 2 aromatic rings. The van der Waals surface area contributed by atoms with Gasteiger partial charge < -0.3 is 9.47 Å². The highest BCUT2D eigenvalue weighted by Gasteiger charge is 2.22. The van der Waals surface area contributed by atoms with Gasteiger partial charge in [0.25, 0.3) is 5.91 Å². The maximum absolute atomic E-state index is 12.4. The first-order chi connectivity index (χ1) is 8.75. The van der Waals surface area contributed by atoms with Gasteiger partial charge in [0.05, 0.1) is 17.1 Å². The summed E-state index contributed by atoms with van der Waals surface area (Å²) in [4.78, 5) is 14.2. The van der Waals surface area contributed by atoms with E-state index in [1.165, 1.54) is 5.69 Å². The Balaban J connectivity index is 1.85. The fraction of sp³-hybridized carbons (Fsp3) is 0.214. The quantitative estimate of drug-likeness (QED) is 0.774. The van der Waals surface area contributed by atoms with E-state index in [2.05, 4.69) is 4.57 Å². The summed E-state index contributed by atoms with van der Waals surface area (Å²) in [6, 6.07) is 11.3. The van der Waals surface area contributed by atoms with Gasteiger partial charge in [0.15, 0.2) is 0 Å². The minimum atomic E-state index is 0.00745. The Kier molecular flexibility index (Phi) is 2.84. The fourth-order valence-corrected chi connectivity index (χ4v) is 2.51.